The largest absolute Gasteiger partial charge is 0.497 e. The molecule has 0 radical (unpaired) electrons. The summed E-state index contributed by atoms with van der Waals surface area (Å²) in [5.41, 5.74) is 1.61. The van der Waals surface area contributed by atoms with E-state index < -0.39 is 17.6 Å². The van der Waals surface area contributed by atoms with E-state index in [9.17, 15) is 18.4 Å². The molecule has 2 amide bonds. The summed E-state index contributed by atoms with van der Waals surface area (Å²) in [5, 5.41) is 2.89. The molecule has 170 valence electrons. The molecule has 2 unspecified atom stereocenters. The SMILES string of the molecule is COc1cccc(C2CN(C(=O)c3ccccc3F)CC2C(=O)NCc2ccc(F)cc2)c1. The van der Waals surface area contributed by atoms with Crippen molar-refractivity contribution in [2.75, 3.05) is 20.2 Å². The lowest BCUT2D eigenvalue weighted by atomic mass is 9.88. The summed E-state index contributed by atoms with van der Waals surface area (Å²) in [7, 11) is 1.56. The number of rotatable bonds is 6. The van der Waals surface area contributed by atoms with Crippen molar-refractivity contribution in [1.29, 1.82) is 0 Å². The zero-order valence-corrected chi connectivity index (χ0v) is 18.1. The maximum Gasteiger partial charge on any atom is 0.256 e. The highest BCUT2D eigenvalue weighted by molar-refractivity contribution is 5.95. The minimum Gasteiger partial charge on any atom is -0.497 e. The van der Waals surface area contributed by atoms with E-state index in [0.717, 1.165) is 11.1 Å². The average molecular weight is 450 g/mol. The van der Waals surface area contributed by atoms with Crippen LogP contribution in [-0.2, 0) is 11.3 Å². The summed E-state index contributed by atoms with van der Waals surface area (Å²) < 4.78 is 32.7. The number of ether oxygens (including phenoxy) is 1. The van der Waals surface area contributed by atoms with E-state index in [-0.39, 0.29) is 42.8 Å². The predicted molar refractivity (Wildman–Crippen MR) is 120 cm³/mol. The zero-order valence-electron chi connectivity index (χ0n) is 18.1. The highest BCUT2D eigenvalue weighted by atomic mass is 19.1. The highest BCUT2D eigenvalue weighted by Gasteiger charge is 2.41. The van der Waals surface area contributed by atoms with Crippen LogP contribution in [0.2, 0.25) is 0 Å². The first-order valence-corrected chi connectivity index (χ1v) is 10.7. The highest BCUT2D eigenvalue weighted by Crippen LogP contribution is 2.35. The fraction of sp³-hybridized carbons (Fsp3) is 0.231. The number of hydrogen-bond acceptors (Lipinski definition) is 3. The van der Waals surface area contributed by atoms with Crippen LogP contribution in [-0.4, -0.2) is 36.9 Å². The second-order valence-electron chi connectivity index (χ2n) is 8.02. The third kappa shape index (κ3) is 5.03. The molecule has 1 aliphatic rings. The van der Waals surface area contributed by atoms with E-state index >= 15 is 0 Å². The topological polar surface area (TPSA) is 58.6 Å². The minimum atomic E-state index is -0.593. The first-order chi connectivity index (χ1) is 16.0. The summed E-state index contributed by atoms with van der Waals surface area (Å²) in [6, 6.07) is 19.1. The number of nitrogens with zero attached hydrogens (tertiary/aromatic N) is 1. The van der Waals surface area contributed by atoms with Gasteiger partial charge >= 0.3 is 0 Å². The van der Waals surface area contributed by atoms with E-state index in [1.54, 1.807) is 25.3 Å². The molecule has 1 aliphatic heterocycles. The molecule has 5 nitrogen and oxygen atoms in total. The molecule has 0 aromatic heterocycles. The van der Waals surface area contributed by atoms with Crippen molar-refractivity contribution in [1.82, 2.24) is 10.2 Å². The summed E-state index contributed by atoms with van der Waals surface area (Å²) in [4.78, 5) is 27.7. The second kappa shape index (κ2) is 9.81. The van der Waals surface area contributed by atoms with Gasteiger partial charge in [0.1, 0.15) is 17.4 Å². The Morgan fingerprint density at radius 2 is 1.76 bits per heavy atom. The lowest BCUT2D eigenvalue weighted by molar-refractivity contribution is -0.125. The van der Waals surface area contributed by atoms with Gasteiger partial charge in [0.2, 0.25) is 5.91 Å². The molecule has 1 heterocycles. The molecule has 0 aliphatic carbocycles. The van der Waals surface area contributed by atoms with Gasteiger partial charge in [0.05, 0.1) is 18.6 Å². The van der Waals surface area contributed by atoms with Gasteiger partial charge in [0.15, 0.2) is 0 Å². The van der Waals surface area contributed by atoms with Crippen molar-refractivity contribution < 1.29 is 23.1 Å². The van der Waals surface area contributed by atoms with Crippen molar-refractivity contribution in [3.8, 4) is 5.75 Å². The van der Waals surface area contributed by atoms with Crippen LogP contribution in [0.1, 0.15) is 27.4 Å². The third-order valence-corrected chi connectivity index (χ3v) is 5.95. The molecule has 4 rings (SSSR count). The minimum absolute atomic E-state index is 0.0192. The molecular weight excluding hydrogens is 426 g/mol. The van der Waals surface area contributed by atoms with E-state index in [2.05, 4.69) is 5.32 Å². The summed E-state index contributed by atoms with van der Waals surface area (Å²) in [6.45, 7) is 0.668. The smallest absolute Gasteiger partial charge is 0.256 e. The van der Waals surface area contributed by atoms with Crippen molar-refractivity contribution in [3.63, 3.8) is 0 Å². The molecule has 33 heavy (non-hydrogen) atoms. The zero-order chi connectivity index (χ0) is 23.4. The number of carbonyl (C=O) groups excluding carboxylic acids is 2. The molecule has 0 saturated carbocycles. The maximum absolute atomic E-state index is 14.2. The van der Waals surface area contributed by atoms with Crippen LogP contribution in [0, 0.1) is 17.6 Å². The molecule has 0 bridgehead atoms. The number of carbonyl (C=O) groups is 2. The van der Waals surface area contributed by atoms with Crippen LogP contribution in [0.4, 0.5) is 8.78 Å². The number of halogens is 2. The van der Waals surface area contributed by atoms with Crippen LogP contribution >= 0.6 is 0 Å². The standard InChI is InChI=1S/C26H24F2N2O3/c1-33-20-6-4-5-18(13-20)22-15-30(26(32)21-7-2-3-8-24(21)28)16-23(22)25(31)29-14-17-9-11-19(27)12-10-17/h2-13,22-23H,14-16H2,1H3,(H,29,31). The Bertz CT molecular complexity index is 1150. The van der Waals surface area contributed by atoms with Gasteiger partial charge in [0.25, 0.3) is 5.91 Å². The van der Waals surface area contributed by atoms with Gasteiger partial charge in [-0.15, -0.1) is 0 Å². The van der Waals surface area contributed by atoms with Gasteiger partial charge in [0, 0.05) is 25.6 Å². The maximum atomic E-state index is 14.2. The Labute approximate surface area is 191 Å². The van der Waals surface area contributed by atoms with Crippen LogP contribution in [0.15, 0.2) is 72.8 Å². The molecule has 1 N–H and O–H groups in total. The van der Waals surface area contributed by atoms with E-state index in [1.165, 1.54) is 35.2 Å². The van der Waals surface area contributed by atoms with Crippen molar-refractivity contribution in [2.45, 2.75) is 12.5 Å². The third-order valence-electron chi connectivity index (χ3n) is 5.95. The van der Waals surface area contributed by atoms with E-state index in [1.807, 2.05) is 24.3 Å². The molecule has 2 atom stereocenters. The molecule has 1 saturated heterocycles. The lowest BCUT2D eigenvalue weighted by Crippen LogP contribution is -2.35. The van der Waals surface area contributed by atoms with E-state index in [4.69, 9.17) is 4.74 Å². The molecule has 1 fully saturated rings. The number of methoxy groups -OCH3 is 1. The van der Waals surface area contributed by atoms with E-state index in [0.29, 0.717) is 5.75 Å². The van der Waals surface area contributed by atoms with Crippen LogP contribution < -0.4 is 10.1 Å². The normalized spacial score (nSPS) is 17.6. The molecule has 3 aromatic carbocycles. The Balaban J connectivity index is 1.57. The summed E-state index contributed by atoms with van der Waals surface area (Å²) in [6.07, 6.45) is 0. The van der Waals surface area contributed by atoms with Crippen molar-refractivity contribution in [2.24, 2.45) is 5.92 Å². The number of hydrogen-bond donors (Lipinski definition) is 1. The fourth-order valence-corrected chi connectivity index (χ4v) is 4.17. The average Bonchev–Trinajstić information content (AvgIpc) is 3.29. The first-order valence-electron chi connectivity index (χ1n) is 10.7. The van der Waals surface area contributed by atoms with Crippen molar-refractivity contribution in [3.05, 3.63) is 101 Å². The summed E-state index contributed by atoms with van der Waals surface area (Å²) in [5.74, 6) is -1.79. The first kappa shape index (κ1) is 22.5. The monoisotopic (exact) mass is 450 g/mol. The number of nitrogens with one attached hydrogen (secondary N) is 1. The van der Waals surface area contributed by atoms with Crippen LogP contribution in [0.3, 0.4) is 0 Å². The Kier molecular flexibility index (Phi) is 6.68. The van der Waals surface area contributed by atoms with Gasteiger partial charge < -0.3 is 15.0 Å². The molecule has 7 heteroatoms. The molecule has 3 aromatic rings. The van der Waals surface area contributed by atoms with Gasteiger partial charge in [-0.3, -0.25) is 9.59 Å². The van der Waals surface area contributed by atoms with Crippen LogP contribution in [0.25, 0.3) is 0 Å². The van der Waals surface area contributed by atoms with Gasteiger partial charge in [-0.2, -0.15) is 0 Å². The Hall–Kier alpha value is -3.74. The number of amides is 2. The van der Waals surface area contributed by atoms with Gasteiger partial charge in [-0.05, 0) is 47.5 Å². The molecular formula is C26H24F2N2O3. The van der Waals surface area contributed by atoms with Gasteiger partial charge in [-0.25, -0.2) is 8.78 Å². The summed E-state index contributed by atoms with van der Waals surface area (Å²) >= 11 is 0. The molecule has 0 spiro atoms. The Morgan fingerprint density at radius 1 is 1.00 bits per heavy atom. The number of likely N-dealkylation sites (tertiary alicyclic amines) is 1. The predicted octanol–water partition coefficient (Wildman–Crippen LogP) is 4.15. The fourth-order valence-electron chi connectivity index (χ4n) is 4.17. The van der Waals surface area contributed by atoms with Crippen molar-refractivity contribution >= 4 is 11.8 Å². The number of benzene rings is 3. The Morgan fingerprint density at radius 3 is 2.48 bits per heavy atom. The quantitative estimate of drug-likeness (QED) is 0.614. The van der Waals surface area contributed by atoms with Crippen LogP contribution in [0.5, 0.6) is 5.75 Å². The van der Waals surface area contributed by atoms with Gasteiger partial charge in [-0.1, -0.05) is 36.4 Å². The second-order valence-corrected chi connectivity index (χ2v) is 8.02. The lowest BCUT2D eigenvalue weighted by Gasteiger charge is -2.18.